The van der Waals surface area contributed by atoms with E-state index < -0.39 is 25.0 Å². The van der Waals surface area contributed by atoms with E-state index in [0.717, 1.165) is 12.8 Å². The summed E-state index contributed by atoms with van der Waals surface area (Å²) in [6, 6.07) is -1.03. The molecule has 0 rings (SSSR count). The van der Waals surface area contributed by atoms with Crippen molar-refractivity contribution in [3.8, 4) is 0 Å². The molecule has 0 fully saturated rings. The molecule has 0 bridgehead atoms. The number of aliphatic hydroxyl groups excluding tert-OH is 1. The summed E-state index contributed by atoms with van der Waals surface area (Å²) in [5, 5.41) is 10.4. The number of hydrogen-bond donors (Lipinski definition) is 1. The number of hydrogen-bond acceptors (Lipinski definition) is 3. The maximum absolute atomic E-state index is 12.2. The van der Waals surface area contributed by atoms with Gasteiger partial charge in [-0.15, -0.1) is 0 Å². The number of aliphatic hydroxyl groups is 1. The predicted molar refractivity (Wildman–Crippen MR) is 97.2 cm³/mol. The lowest BCUT2D eigenvalue weighted by atomic mass is 9.90. The number of carbonyl (C=O) groups is 1. The number of allylic oxidation sites excluding steroid dienone is 2. The van der Waals surface area contributed by atoms with Crippen molar-refractivity contribution in [3.63, 3.8) is 0 Å². The summed E-state index contributed by atoms with van der Waals surface area (Å²) in [7, 11) is 3.50. The molecule has 0 spiro atoms. The monoisotopic (exact) mass is 317 g/mol. The second-order valence-corrected chi connectivity index (χ2v) is 6.03. The first-order valence-corrected chi connectivity index (χ1v) is 8.48. The van der Waals surface area contributed by atoms with Crippen LogP contribution in [0.4, 0.5) is 0 Å². The van der Waals surface area contributed by atoms with Gasteiger partial charge in [0.1, 0.15) is 0 Å². The third-order valence-corrected chi connectivity index (χ3v) is 3.66. The summed E-state index contributed by atoms with van der Waals surface area (Å²) in [4.78, 5) is 13.9. The molecular weight excluding hydrogens is 274 g/mol. The Morgan fingerprint density at radius 2 is 1.86 bits per heavy atom. The summed E-state index contributed by atoms with van der Waals surface area (Å²) in [5.41, 5.74) is 0. The molecule has 0 aliphatic heterocycles. The van der Waals surface area contributed by atoms with Crippen LogP contribution in [0.1, 0.15) is 78.6 Å². The fourth-order valence-corrected chi connectivity index (χ4v) is 1.98. The highest BCUT2D eigenvalue weighted by molar-refractivity contribution is 5.84. The molecule has 1 N–H and O–H groups in total. The third kappa shape index (κ3) is 11.0. The molecule has 0 saturated carbocycles. The van der Waals surface area contributed by atoms with Gasteiger partial charge in [0.15, 0.2) is 5.78 Å². The molecule has 0 aliphatic rings. The Morgan fingerprint density at radius 1 is 1.27 bits per heavy atom. The Balaban J connectivity index is 0. The van der Waals surface area contributed by atoms with E-state index in [1.807, 2.05) is 6.92 Å². The van der Waals surface area contributed by atoms with Gasteiger partial charge in [-0.2, -0.15) is 0 Å². The molecule has 22 heavy (non-hydrogen) atoms. The molecule has 1 unspecified atom stereocenters. The zero-order valence-corrected chi connectivity index (χ0v) is 15.4. The first-order valence-electron chi connectivity index (χ1n) is 10.5. The van der Waals surface area contributed by atoms with Crippen LogP contribution in [-0.4, -0.2) is 42.0 Å². The van der Waals surface area contributed by atoms with Crippen LogP contribution in [0.5, 0.6) is 0 Å². The SMILES string of the molecule is CCCC.[2H]/C(=C\C[C@@H](C)[C@@H](O)C(C(=O)CCCC)N(C)C)C([2H])([2H])[2H]. The number of likely N-dealkylation sites (N-methyl/N-ethyl adjacent to an activating group) is 1. The van der Waals surface area contributed by atoms with E-state index in [-0.39, 0.29) is 18.1 Å². The van der Waals surface area contributed by atoms with Gasteiger partial charge < -0.3 is 5.11 Å². The minimum Gasteiger partial charge on any atom is -0.391 e. The van der Waals surface area contributed by atoms with Crippen molar-refractivity contribution in [1.29, 1.82) is 0 Å². The van der Waals surface area contributed by atoms with Crippen LogP contribution in [0.2, 0.25) is 0 Å². The van der Waals surface area contributed by atoms with Crippen molar-refractivity contribution >= 4 is 5.78 Å². The van der Waals surface area contributed by atoms with E-state index >= 15 is 0 Å². The van der Waals surface area contributed by atoms with Crippen LogP contribution in [0.3, 0.4) is 0 Å². The molecule has 0 aromatic heterocycles. The topological polar surface area (TPSA) is 40.5 Å². The van der Waals surface area contributed by atoms with E-state index in [0.29, 0.717) is 6.42 Å². The quantitative estimate of drug-likeness (QED) is 0.605. The molecule has 3 atom stereocenters. The lowest BCUT2D eigenvalue weighted by Crippen LogP contribution is -2.47. The molecule has 132 valence electrons. The number of rotatable bonds is 10. The number of Topliss-reactive ketones (excluding diaryl/α,β-unsaturated/α-hetero) is 1. The molecule has 0 radical (unpaired) electrons. The summed E-state index contributed by atoms with van der Waals surface area (Å²) in [6.45, 7) is 5.70. The van der Waals surface area contributed by atoms with Gasteiger partial charge in [-0.1, -0.05) is 59.1 Å². The maximum Gasteiger partial charge on any atom is 0.152 e. The van der Waals surface area contributed by atoms with Crippen molar-refractivity contribution in [2.24, 2.45) is 5.92 Å². The number of carbonyl (C=O) groups excluding carboxylic acids is 1. The fourth-order valence-electron chi connectivity index (χ4n) is 1.98. The first kappa shape index (κ1) is 16.2. The van der Waals surface area contributed by atoms with Crippen LogP contribution in [0.15, 0.2) is 12.1 Å². The second kappa shape index (κ2) is 15.2. The highest BCUT2D eigenvalue weighted by Crippen LogP contribution is 2.18. The minimum atomic E-state index is -2.43. The van der Waals surface area contributed by atoms with E-state index in [9.17, 15) is 9.90 Å². The molecule has 0 saturated heterocycles. The van der Waals surface area contributed by atoms with Crippen molar-refractivity contribution in [2.45, 2.75) is 85.2 Å². The first-order chi connectivity index (χ1) is 11.9. The van der Waals surface area contributed by atoms with E-state index in [1.54, 1.807) is 25.9 Å². The molecule has 3 heteroatoms. The van der Waals surface area contributed by atoms with E-state index in [4.69, 9.17) is 5.48 Å². The van der Waals surface area contributed by atoms with Gasteiger partial charge in [0.2, 0.25) is 0 Å². The standard InChI is InChI=1S/C15H29NO2.C4H10/c1-6-8-10-12(3)15(18)14(16(4)5)13(17)11-9-7-2;1-3-4-2/h6,8,12,14-15,18H,7,9-11H2,1-5H3;3-4H2,1-2H3/b8-6+;/t12-,14?,15-;/m1./s1/i1D3,6D;. The zero-order chi connectivity index (χ0) is 20.9. The summed E-state index contributed by atoms with van der Waals surface area (Å²) >= 11 is 0. The lowest BCUT2D eigenvalue weighted by molar-refractivity contribution is -0.128. The Hall–Kier alpha value is -0.670. The molecule has 0 amide bonds. The van der Waals surface area contributed by atoms with Gasteiger partial charge in [0.05, 0.1) is 13.5 Å². The van der Waals surface area contributed by atoms with Crippen molar-refractivity contribution in [1.82, 2.24) is 4.90 Å². The Morgan fingerprint density at radius 3 is 2.27 bits per heavy atom. The molecular formula is C19H39NO2. The molecule has 3 nitrogen and oxygen atoms in total. The van der Waals surface area contributed by atoms with E-state index in [1.165, 1.54) is 18.9 Å². The van der Waals surface area contributed by atoms with Crippen molar-refractivity contribution < 1.29 is 15.4 Å². The predicted octanol–water partition coefficient (Wildman–Crippen LogP) is 4.45. The van der Waals surface area contributed by atoms with Crippen LogP contribution < -0.4 is 0 Å². The summed E-state index contributed by atoms with van der Waals surface area (Å²) < 4.78 is 28.9. The third-order valence-electron chi connectivity index (χ3n) is 3.66. The van der Waals surface area contributed by atoms with Gasteiger partial charge in [-0.05, 0) is 39.7 Å². The molecule has 0 aromatic carbocycles. The summed E-state index contributed by atoms with van der Waals surface area (Å²) in [6.07, 6.45) is 5.45. The van der Waals surface area contributed by atoms with Crippen molar-refractivity contribution in [3.05, 3.63) is 12.1 Å². The van der Waals surface area contributed by atoms with Gasteiger partial charge in [0.25, 0.3) is 0 Å². The average molecular weight is 318 g/mol. The van der Waals surface area contributed by atoms with E-state index in [2.05, 4.69) is 13.8 Å². The largest absolute Gasteiger partial charge is 0.391 e. The van der Waals surface area contributed by atoms with Gasteiger partial charge in [-0.3, -0.25) is 9.69 Å². The average Bonchev–Trinajstić information content (AvgIpc) is 2.56. The van der Waals surface area contributed by atoms with Gasteiger partial charge in [-0.25, -0.2) is 0 Å². The Labute approximate surface area is 144 Å². The van der Waals surface area contributed by atoms with Crippen LogP contribution in [-0.2, 0) is 4.79 Å². The Bertz CT molecular complexity index is 407. The number of nitrogens with zero attached hydrogens (tertiary/aromatic N) is 1. The normalized spacial score (nSPS) is 19.0. The number of unbranched alkanes of at least 4 members (excludes halogenated alkanes) is 2. The van der Waals surface area contributed by atoms with Gasteiger partial charge in [0, 0.05) is 10.5 Å². The van der Waals surface area contributed by atoms with Crippen molar-refractivity contribution in [2.75, 3.05) is 14.1 Å². The fraction of sp³-hybridized carbons (Fsp3) is 0.842. The maximum atomic E-state index is 12.2. The van der Waals surface area contributed by atoms with Crippen LogP contribution >= 0.6 is 0 Å². The second-order valence-electron chi connectivity index (χ2n) is 6.03. The summed E-state index contributed by atoms with van der Waals surface area (Å²) in [5.74, 6) is -0.308. The minimum absolute atomic E-state index is 0.00269. The zero-order valence-electron chi connectivity index (χ0n) is 19.4. The van der Waals surface area contributed by atoms with Crippen LogP contribution in [0.25, 0.3) is 0 Å². The smallest absolute Gasteiger partial charge is 0.152 e. The lowest BCUT2D eigenvalue weighted by Gasteiger charge is -2.31. The molecule has 0 aliphatic carbocycles. The molecule has 0 aromatic rings. The highest BCUT2D eigenvalue weighted by atomic mass is 16.3. The molecule has 0 heterocycles. The van der Waals surface area contributed by atoms with Crippen LogP contribution in [0, 0.1) is 5.92 Å². The highest BCUT2D eigenvalue weighted by Gasteiger charge is 2.31. The number of ketones is 1. The Kier molecular flexibility index (Phi) is 11.2. The van der Waals surface area contributed by atoms with Gasteiger partial charge >= 0.3 is 0 Å².